The fraction of sp³-hybridized carbons (Fsp3) is 0.348. The number of aromatic nitrogens is 2. The summed E-state index contributed by atoms with van der Waals surface area (Å²) < 4.78 is 11.5. The second kappa shape index (κ2) is 6.43. The first-order valence-corrected chi connectivity index (χ1v) is 9.86. The molecule has 0 atom stereocenters. The molecular weight excluding hydrogens is 366 g/mol. The lowest BCUT2D eigenvalue weighted by Gasteiger charge is -2.31. The van der Waals surface area contributed by atoms with Crippen molar-refractivity contribution < 1.29 is 14.3 Å². The number of H-pyrrole nitrogens is 1. The van der Waals surface area contributed by atoms with Gasteiger partial charge in [0.15, 0.2) is 5.78 Å². The molecule has 6 nitrogen and oxygen atoms in total. The molecule has 2 aliphatic rings. The van der Waals surface area contributed by atoms with Crippen molar-refractivity contribution in [2.24, 2.45) is 0 Å². The smallest absolute Gasteiger partial charge is 0.213 e. The van der Waals surface area contributed by atoms with Crippen molar-refractivity contribution in [3.05, 3.63) is 58.4 Å². The van der Waals surface area contributed by atoms with Gasteiger partial charge in [0, 0.05) is 46.5 Å². The van der Waals surface area contributed by atoms with Gasteiger partial charge >= 0.3 is 0 Å². The van der Waals surface area contributed by atoms with Crippen LogP contribution in [0.2, 0.25) is 0 Å². The molecule has 1 aliphatic heterocycles. The zero-order valence-corrected chi connectivity index (χ0v) is 16.4. The molecule has 1 aliphatic carbocycles. The van der Waals surface area contributed by atoms with Crippen molar-refractivity contribution in [1.29, 1.82) is 5.26 Å². The first-order chi connectivity index (χ1) is 14.0. The Kier molecular flexibility index (Phi) is 3.97. The zero-order valence-electron chi connectivity index (χ0n) is 16.4. The van der Waals surface area contributed by atoms with Crippen LogP contribution in [0.25, 0.3) is 10.9 Å². The van der Waals surface area contributed by atoms with Gasteiger partial charge < -0.3 is 14.5 Å². The summed E-state index contributed by atoms with van der Waals surface area (Å²) in [6, 6.07) is 11.1. The molecule has 0 spiro atoms. The van der Waals surface area contributed by atoms with E-state index in [1.165, 1.54) is 0 Å². The van der Waals surface area contributed by atoms with E-state index in [2.05, 4.69) is 24.9 Å². The van der Waals surface area contributed by atoms with E-state index >= 15 is 0 Å². The van der Waals surface area contributed by atoms with Gasteiger partial charge in [0.1, 0.15) is 6.10 Å². The van der Waals surface area contributed by atoms with Crippen molar-refractivity contribution in [2.45, 2.75) is 38.2 Å². The Morgan fingerprint density at radius 2 is 2.03 bits per heavy atom. The third-order valence-electron chi connectivity index (χ3n) is 5.94. The van der Waals surface area contributed by atoms with Crippen molar-refractivity contribution in [2.75, 3.05) is 13.2 Å². The van der Waals surface area contributed by atoms with Crippen molar-refractivity contribution in [3.63, 3.8) is 0 Å². The molecule has 1 N–H and O–H groups in total. The normalized spacial score (nSPS) is 18.2. The number of nitrogens with one attached hydrogen (secondary N) is 1. The molecule has 146 valence electrons. The van der Waals surface area contributed by atoms with Crippen LogP contribution in [-0.2, 0) is 10.2 Å². The van der Waals surface area contributed by atoms with Gasteiger partial charge in [-0.25, -0.2) is 4.98 Å². The van der Waals surface area contributed by atoms with Crippen LogP contribution < -0.4 is 4.74 Å². The number of aromatic amines is 1. The maximum absolute atomic E-state index is 13.3. The van der Waals surface area contributed by atoms with Crippen LogP contribution in [0.15, 0.2) is 30.3 Å². The Labute approximate surface area is 168 Å². The minimum absolute atomic E-state index is 0.0459. The van der Waals surface area contributed by atoms with Crippen LogP contribution in [0.3, 0.4) is 0 Å². The standard InChI is InChI=1S/C23H21N3O3/c1-23(2)21-16(5-6-18(26-21)29-14-7-9-28-10-8-14)20(27)19-15-4-3-13(12-24)11-17(15)25-22(19)23/h3-6,11,14,25H,7-10H2,1-2H3. The number of nitriles is 1. The molecule has 6 heteroatoms. The largest absolute Gasteiger partial charge is 0.474 e. The Bertz CT molecular complexity index is 1180. The predicted molar refractivity (Wildman–Crippen MR) is 107 cm³/mol. The number of benzene rings is 1. The van der Waals surface area contributed by atoms with Gasteiger partial charge in [0.05, 0.1) is 36.1 Å². The van der Waals surface area contributed by atoms with Crippen LogP contribution in [-0.4, -0.2) is 35.1 Å². The van der Waals surface area contributed by atoms with E-state index in [4.69, 9.17) is 14.5 Å². The Balaban J connectivity index is 1.60. The Hall–Kier alpha value is -3.17. The number of fused-ring (bicyclic) bond motifs is 4. The lowest BCUT2D eigenvalue weighted by atomic mass is 9.74. The fourth-order valence-corrected chi connectivity index (χ4v) is 4.36. The number of carbonyl (C=O) groups excluding carboxylic acids is 1. The summed E-state index contributed by atoms with van der Waals surface area (Å²) in [5.74, 6) is 0.498. The van der Waals surface area contributed by atoms with Crippen molar-refractivity contribution in [1.82, 2.24) is 9.97 Å². The summed E-state index contributed by atoms with van der Waals surface area (Å²) >= 11 is 0. The summed E-state index contributed by atoms with van der Waals surface area (Å²) in [5, 5.41) is 10.0. The molecule has 3 heterocycles. The van der Waals surface area contributed by atoms with E-state index < -0.39 is 5.41 Å². The average molecular weight is 387 g/mol. The van der Waals surface area contributed by atoms with Gasteiger partial charge in [0.2, 0.25) is 5.88 Å². The summed E-state index contributed by atoms with van der Waals surface area (Å²) in [5.41, 5.74) is 3.67. The van der Waals surface area contributed by atoms with Gasteiger partial charge in [-0.3, -0.25) is 4.79 Å². The quantitative estimate of drug-likeness (QED) is 0.721. The van der Waals surface area contributed by atoms with E-state index in [1.807, 2.05) is 12.1 Å². The molecule has 2 aromatic heterocycles. The van der Waals surface area contributed by atoms with Crippen LogP contribution in [0.5, 0.6) is 5.88 Å². The lowest BCUT2D eigenvalue weighted by Crippen LogP contribution is -2.32. The fourth-order valence-electron chi connectivity index (χ4n) is 4.36. The van der Waals surface area contributed by atoms with Gasteiger partial charge in [-0.15, -0.1) is 0 Å². The van der Waals surface area contributed by atoms with Gasteiger partial charge in [0.25, 0.3) is 0 Å². The van der Waals surface area contributed by atoms with E-state index in [0.29, 0.717) is 41.5 Å². The number of ketones is 1. The SMILES string of the molecule is CC1(C)c2nc(OC3CCOCC3)ccc2C(=O)c2c1[nH]c1cc(C#N)ccc21. The highest BCUT2D eigenvalue weighted by Crippen LogP contribution is 2.43. The second-order valence-corrected chi connectivity index (χ2v) is 8.18. The zero-order chi connectivity index (χ0) is 20.2. The van der Waals surface area contributed by atoms with E-state index in [0.717, 1.165) is 29.4 Å². The van der Waals surface area contributed by atoms with Gasteiger partial charge in [-0.1, -0.05) is 6.07 Å². The highest BCUT2D eigenvalue weighted by molar-refractivity contribution is 6.19. The van der Waals surface area contributed by atoms with Crippen LogP contribution in [0.4, 0.5) is 0 Å². The van der Waals surface area contributed by atoms with Crippen LogP contribution >= 0.6 is 0 Å². The van der Waals surface area contributed by atoms with Crippen LogP contribution in [0.1, 0.15) is 59.6 Å². The molecule has 1 fully saturated rings. The molecular formula is C23H21N3O3. The minimum Gasteiger partial charge on any atom is -0.474 e. The molecule has 1 aromatic carbocycles. The topological polar surface area (TPSA) is 88.0 Å². The Morgan fingerprint density at radius 1 is 1.24 bits per heavy atom. The molecule has 0 amide bonds. The molecule has 0 saturated carbocycles. The summed E-state index contributed by atoms with van der Waals surface area (Å²) in [6.45, 7) is 5.51. The maximum atomic E-state index is 13.3. The monoisotopic (exact) mass is 387 g/mol. The van der Waals surface area contributed by atoms with Crippen molar-refractivity contribution >= 4 is 16.7 Å². The highest BCUT2D eigenvalue weighted by Gasteiger charge is 2.41. The van der Waals surface area contributed by atoms with Crippen molar-refractivity contribution in [3.8, 4) is 11.9 Å². The number of carbonyl (C=O) groups is 1. The van der Waals surface area contributed by atoms with E-state index in [-0.39, 0.29) is 11.9 Å². The average Bonchev–Trinajstić information content (AvgIpc) is 3.13. The first-order valence-electron chi connectivity index (χ1n) is 9.86. The molecule has 0 bridgehead atoms. The first kappa shape index (κ1) is 17.9. The number of hydrogen-bond acceptors (Lipinski definition) is 5. The van der Waals surface area contributed by atoms with E-state index in [9.17, 15) is 10.1 Å². The number of nitrogens with zero attached hydrogens (tertiary/aromatic N) is 2. The predicted octanol–water partition coefficient (Wildman–Crippen LogP) is 3.86. The number of hydrogen-bond donors (Lipinski definition) is 1. The molecule has 5 rings (SSSR count). The highest BCUT2D eigenvalue weighted by atomic mass is 16.5. The minimum atomic E-state index is -0.501. The number of rotatable bonds is 2. The maximum Gasteiger partial charge on any atom is 0.213 e. The number of ether oxygens (including phenoxy) is 2. The third-order valence-corrected chi connectivity index (χ3v) is 5.94. The molecule has 1 saturated heterocycles. The lowest BCUT2D eigenvalue weighted by molar-refractivity contribution is 0.0236. The molecule has 0 unspecified atom stereocenters. The molecule has 0 radical (unpaired) electrons. The van der Waals surface area contributed by atoms with Gasteiger partial charge in [-0.05, 0) is 32.0 Å². The van der Waals surface area contributed by atoms with Crippen LogP contribution in [0, 0.1) is 11.3 Å². The summed E-state index contributed by atoms with van der Waals surface area (Å²) in [6.07, 6.45) is 1.77. The molecule has 3 aromatic rings. The summed E-state index contributed by atoms with van der Waals surface area (Å²) in [4.78, 5) is 21.5. The molecule has 29 heavy (non-hydrogen) atoms. The Morgan fingerprint density at radius 3 is 2.79 bits per heavy atom. The second-order valence-electron chi connectivity index (χ2n) is 8.18. The number of pyridine rings is 1. The third kappa shape index (κ3) is 2.73. The summed E-state index contributed by atoms with van der Waals surface area (Å²) in [7, 11) is 0. The van der Waals surface area contributed by atoms with Gasteiger partial charge in [-0.2, -0.15) is 5.26 Å². The van der Waals surface area contributed by atoms with E-state index in [1.54, 1.807) is 18.2 Å².